The Morgan fingerprint density at radius 3 is 2.33 bits per heavy atom. The van der Waals surface area contributed by atoms with Gasteiger partial charge < -0.3 is 9.88 Å². The van der Waals surface area contributed by atoms with Gasteiger partial charge in [0.25, 0.3) is 5.91 Å². The molecule has 3 rings (SSSR count). The molecule has 0 bridgehead atoms. The van der Waals surface area contributed by atoms with Gasteiger partial charge in [0.1, 0.15) is 5.82 Å². The van der Waals surface area contributed by atoms with Crippen molar-refractivity contribution in [3.63, 3.8) is 0 Å². The number of carbonyl (C=O) groups is 1. The highest BCUT2D eigenvalue weighted by atomic mass is 16.1. The van der Waals surface area contributed by atoms with Crippen LogP contribution >= 0.6 is 0 Å². The molecule has 1 amide bonds. The van der Waals surface area contributed by atoms with Crippen molar-refractivity contribution >= 4 is 16.9 Å². The fraction of sp³-hybridized carbons (Fsp3) is 0.517. The number of nitrogens with one attached hydrogen (secondary N) is 1. The van der Waals surface area contributed by atoms with E-state index < -0.39 is 0 Å². The first-order chi connectivity index (χ1) is 16.2. The Balaban J connectivity index is 1.41. The number of fused-ring (bicyclic) bond motifs is 1. The zero-order valence-electron chi connectivity index (χ0n) is 20.6. The van der Waals surface area contributed by atoms with E-state index in [-0.39, 0.29) is 5.91 Å². The maximum atomic E-state index is 12.2. The number of aryl methyl sites for hydroxylation is 3. The first-order valence-electron chi connectivity index (χ1n) is 13.0. The van der Waals surface area contributed by atoms with Gasteiger partial charge in [0, 0.05) is 25.1 Å². The van der Waals surface area contributed by atoms with E-state index in [2.05, 4.69) is 41.1 Å². The molecule has 0 unspecified atom stereocenters. The van der Waals surface area contributed by atoms with E-state index in [1.807, 2.05) is 31.2 Å². The lowest BCUT2D eigenvalue weighted by molar-refractivity contribution is 0.0953. The van der Waals surface area contributed by atoms with Crippen LogP contribution in [0.5, 0.6) is 0 Å². The topological polar surface area (TPSA) is 46.9 Å². The minimum Gasteiger partial charge on any atom is -0.352 e. The summed E-state index contributed by atoms with van der Waals surface area (Å²) >= 11 is 0. The molecule has 0 aliphatic carbocycles. The molecule has 0 aliphatic rings. The molecule has 0 spiro atoms. The number of hydrogen-bond donors (Lipinski definition) is 1. The normalized spacial score (nSPS) is 11.2. The highest BCUT2D eigenvalue weighted by Gasteiger charge is 2.10. The fourth-order valence-corrected chi connectivity index (χ4v) is 4.39. The molecular formula is C29H41N3O. The predicted molar refractivity (Wildman–Crippen MR) is 139 cm³/mol. The fourth-order valence-electron chi connectivity index (χ4n) is 4.39. The minimum atomic E-state index is 0.0199. The third kappa shape index (κ3) is 8.03. The highest BCUT2D eigenvalue weighted by molar-refractivity contribution is 5.94. The van der Waals surface area contributed by atoms with E-state index in [0.717, 1.165) is 49.9 Å². The Bertz CT molecular complexity index is 974. The van der Waals surface area contributed by atoms with E-state index in [1.54, 1.807) is 0 Å². The van der Waals surface area contributed by atoms with Crippen molar-refractivity contribution < 1.29 is 4.79 Å². The lowest BCUT2D eigenvalue weighted by atomic mass is 10.1. The second-order valence-electron chi connectivity index (χ2n) is 9.22. The predicted octanol–water partition coefficient (Wildman–Crippen LogP) is 7.24. The van der Waals surface area contributed by atoms with Crippen LogP contribution in [0, 0.1) is 6.92 Å². The monoisotopic (exact) mass is 447 g/mol. The van der Waals surface area contributed by atoms with Crippen LogP contribution in [0.2, 0.25) is 0 Å². The summed E-state index contributed by atoms with van der Waals surface area (Å²) in [6.45, 7) is 6.09. The van der Waals surface area contributed by atoms with Crippen LogP contribution in [0.25, 0.3) is 11.0 Å². The van der Waals surface area contributed by atoms with E-state index >= 15 is 0 Å². The number of unbranched alkanes of at least 4 members (excludes halogenated alkanes) is 8. The van der Waals surface area contributed by atoms with Gasteiger partial charge in [0.15, 0.2) is 0 Å². The first kappa shape index (κ1) is 25.0. The standard InChI is InChI=1S/C29H41N3O/c1-3-4-5-6-7-8-14-23-32-27-16-12-11-15-26(27)31-28(32)17-10-9-13-22-30-29(33)25-20-18-24(2)19-21-25/h11-12,15-16,18-21H,3-10,13-14,17,22-23H2,1-2H3,(H,30,33). The van der Waals surface area contributed by atoms with Crippen LogP contribution in [0.4, 0.5) is 0 Å². The van der Waals surface area contributed by atoms with Gasteiger partial charge >= 0.3 is 0 Å². The van der Waals surface area contributed by atoms with Crippen molar-refractivity contribution in [2.24, 2.45) is 0 Å². The number of nitrogens with zero attached hydrogens (tertiary/aromatic N) is 2. The Kier molecular flexibility index (Phi) is 10.5. The number of hydrogen-bond acceptors (Lipinski definition) is 2. The van der Waals surface area contributed by atoms with Crippen molar-refractivity contribution in [3.8, 4) is 0 Å². The van der Waals surface area contributed by atoms with Crippen LogP contribution in [0.15, 0.2) is 48.5 Å². The zero-order valence-corrected chi connectivity index (χ0v) is 20.6. The van der Waals surface area contributed by atoms with Gasteiger partial charge in [-0.25, -0.2) is 4.98 Å². The summed E-state index contributed by atoms with van der Waals surface area (Å²) in [5.41, 5.74) is 4.29. The summed E-state index contributed by atoms with van der Waals surface area (Å²) in [6.07, 6.45) is 13.5. The molecule has 1 aromatic heterocycles. The van der Waals surface area contributed by atoms with Gasteiger partial charge in [-0.2, -0.15) is 0 Å². The minimum absolute atomic E-state index is 0.0199. The largest absolute Gasteiger partial charge is 0.352 e. The second-order valence-corrected chi connectivity index (χ2v) is 9.22. The van der Waals surface area contributed by atoms with Crippen molar-refractivity contribution in [1.29, 1.82) is 0 Å². The average Bonchev–Trinajstić information content (AvgIpc) is 3.18. The SMILES string of the molecule is CCCCCCCCCn1c(CCCCCNC(=O)c2ccc(C)cc2)nc2ccccc21. The third-order valence-corrected chi connectivity index (χ3v) is 6.40. The molecule has 4 heteroatoms. The maximum Gasteiger partial charge on any atom is 0.251 e. The Labute approximate surface area is 199 Å². The van der Waals surface area contributed by atoms with E-state index in [0.29, 0.717) is 0 Å². The molecule has 178 valence electrons. The summed E-state index contributed by atoms with van der Waals surface area (Å²) in [6, 6.07) is 16.3. The van der Waals surface area contributed by atoms with Crippen LogP contribution < -0.4 is 5.32 Å². The van der Waals surface area contributed by atoms with Gasteiger partial charge in [-0.05, 0) is 50.5 Å². The number of benzene rings is 2. The number of carbonyl (C=O) groups excluding carboxylic acids is 1. The van der Waals surface area contributed by atoms with Crippen molar-refractivity contribution in [2.45, 2.75) is 91.0 Å². The first-order valence-corrected chi connectivity index (χ1v) is 13.0. The number of para-hydroxylation sites is 2. The molecule has 1 heterocycles. The summed E-state index contributed by atoms with van der Waals surface area (Å²) in [5.74, 6) is 1.23. The Morgan fingerprint density at radius 2 is 1.55 bits per heavy atom. The zero-order chi connectivity index (χ0) is 23.3. The van der Waals surface area contributed by atoms with Crippen molar-refractivity contribution in [1.82, 2.24) is 14.9 Å². The van der Waals surface area contributed by atoms with Gasteiger partial charge in [0.2, 0.25) is 0 Å². The molecule has 4 nitrogen and oxygen atoms in total. The Morgan fingerprint density at radius 1 is 0.848 bits per heavy atom. The van der Waals surface area contributed by atoms with Crippen molar-refractivity contribution in [2.75, 3.05) is 6.54 Å². The number of imidazole rings is 1. The molecule has 1 N–H and O–H groups in total. The van der Waals surface area contributed by atoms with Gasteiger partial charge in [-0.1, -0.05) is 81.7 Å². The van der Waals surface area contributed by atoms with Gasteiger partial charge in [-0.3, -0.25) is 4.79 Å². The molecule has 0 atom stereocenters. The van der Waals surface area contributed by atoms with Crippen LogP contribution in [0.3, 0.4) is 0 Å². The third-order valence-electron chi connectivity index (χ3n) is 6.40. The summed E-state index contributed by atoms with van der Waals surface area (Å²) < 4.78 is 2.44. The van der Waals surface area contributed by atoms with Gasteiger partial charge in [-0.15, -0.1) is 0 Å². The van der Waals surface area contributed by atoms with Crippen LogP contribution in [-0.4, -0.2) is 22.0 Å². The Hall–Kier alpha value is -2.62. The molecule has 0 saturated carbocycles. The summed E-state index contributed by atoms with van der Waals surface area (Å²) in [7, 11) is 0. The lowest BCUT2D eigenvalue weighted by Gasteiger charge is -2.10. The molecule has 0 fully saturated rings. The van der Waals surface area contributed by atoms with Gasteiger partial charge in [0.05, 0.1) is 11.0 Å². The maximum absolute atomic E-state index is 12.2. The van der Waals surface area contributed by atoms with E-state index in [1.165, 1.54) is 61.9 Å². The smallest absolute Gasteiger partial charge is 0.251 e. The lowest BCUT2D eigenvalue weighted by Crippen LogP contribution is -2.24. The molecule has 0 saturated heterocycles. The molecule has 3 aromatic rings. The second kappa shape index (κ2) is 13.8. The molecule has 33 heavy (non-hydrogen) atoms. The number of aromatic nitrogens is 2. The summed E-state index contributed by atoms with van der Waals surface area (Å²) in [4.78, 5) is 17.2. The molecule has 2 aromatic carbocycles. The van der Waals surface area contributed by atoms with E-state index in [9.17, 15) is 4.79 Å². The number of amides is 1. The molecule has 0 aliphatic heterocycles. The average molecular weight is 448 g/mol. The highest BCUT2D eigenvalue weighted by Crippen LogP contribution is 2.19. The number of rotatable bonds is 15. The molecule has 0 radical (unpaired) electrons. The van der Waals surface area contributed by atoms with Crippen LogP contribution in [0.1, 0.15) is 92.9 Å². The van der Waals surface area contributed by atoms with Crippen molar-refractivity contribution in [3.05, 3.63) is 65.5 Å². The molecular weight excluding hydrogens is 406 g/mol. The quantitative estimate of drug-likeness (QED) is 0.250. The van der Waals surface area contributed by atoms with Crippen LogP contribution in [-0.2, 0) is 13.0 Å². The van der Waals surface area contributed by atoms with E-state index in [4.69, 9.17) is 4.98 Å². The summed E-state index contributed by atoms with van der Waals surface area (Å²) in [5, 5.41) is 3.04.